The molecule has 30 heavy (non-hydrogen) atoms. The van der Waals surface area contributed by atoms with Crippen LogP contribution in [0.5, 0.6) is 5.75 Å². The first kappa shape index (κ1) is 21.5. The van der Waals surface area contributed by atoms with Crippen molar-refractivity contribution >= 4 is 5.91 Å². The minimum Gasteiger partial charge on any atom is -0.481 e. The molecule has 0 saturated carbocycles. The van der Waals surface area contributed by atoms with Crippen molar-refractivity contribution in [3.8, 4) is 17.1 Å². The lowest BCUT2D eigenvalue weighted by Gasteiger charge is -2.20. The number of hydrogen-bond acceptors (Lipinski definition) is 5. The zero-order valence-electron chi connectivity index (χ0n) is 17.8. The molecule has 2 aromatic carbocycles. The van der Waals surface area contributed by atoms with Gasteiger partial charge < -0.3 is 14.6 Å². The maximum atomic E-state index is 13.1. The molecule has 0 saturated heterocycles. The molecule has 158 valence electrons. The summed E-state index contributed by atoms with van der Waals surface area (Å²) in [4.78, 5) is 16.8. The van der Waals surface area contributed by atoms with Gasteiger partial charge in [-0.25, -0.2) is 4.39 Å². The van der Waals surface area contributed by atoms with E-state index in [2.05, 4.69) is 36.2 Å². The van der Waals surface area contributed by atoms with Crippen molar-refractivity contribution in [2.75, 3.05) is 0 Å². The molecular formula is C23H26FN3O3. The number of halogens is 1. The number of hydrogen-bond donors (Lipinski definition) is 1. The van der Waals surface area contributed by atoms with Crippen LogP contribution in [0.3, 0.4) is 0 Å². The highest BCUT2D eigenvalue weighted by Crippen LogP contribution is 2.25. The second-order valence-corrected chi connectivity index (χ2v) is 8.23. The molecule has 2 atom stereocenters. The molecular weight excluding hydrogens is 385 g/mol. The topological polar surface area (TPSA) is 77.2 Å². The van der Waals surface area contributed by atoms with Gasteiger partial charge in [-0.15, -0.1) is 0 Å². The Kier molecular flexibility index (Phi) is 6.20. The van der Waals surface area contributed by atoms with Crippen molar-refractivity contribution in [1.29, 1.82) is 0 Å². The summed E-state index contributed by atoms with van der Waals surface area (Å²) in [5.41, 5.74) is 1.86. The van der Waals surface area contributed by atoms with E-state index in [0.717, 1.165) is 0 Å². The minimum atomic E-state index is -0.701. The third-order valence-corrected chi connectivity index (χ3v) is 4.68. The highest BCUT2D eigenvalue weighted by molar-refractivity contribution is 5.81. The van der Waals surface area contributed by atoms with Crippen LogP contribution in [-0.4, -0.2) is 22.2 Å². The van der Waals surface area contributed by atoms with Crippen LogP contribution in [0.15, 0.2) is 53.1 Å². The molecule has 0 spiro atoms. The number of ether oxygens (including phenoxy) is 1. The van der Waals surface area contributed by atoms with Crippen molar-refractivity contribution in [3.63, 3.8) is 0 Å². The van der Waals surface area contributed by atoms with Gasteiger partial charge in [-0.3, -0.25) is 4.79 Å². The van der Waals surface area contributed by atoms with Gasteiger partial charge in [0.05, 0.1) is 0 Å². The van der Waals surface area contributed by atoms with E-state index in [1.165, 1.54) is 17.7 Å². The fourth-order valence-electron chi connectivity index (χ4n) is 2.81. The molecule has 3 rings (SSSR count). The summed E-state index contributed by atoms with van der Waals surface area (Å²) in [6.07, 6.45) is -0.701. The van der Waals surface area contributed by atoms with Gasteiger partial charge in [0, 0.05) is 5.56 Å². The van der Waals surface area contributed by atoms with Crippen molar-refractivity contribution in [2.45, 2.75) is 52.2 Å². The average Bonchev–Trinajstić information content (AvgIpc) is 3.18. The van der Waals surface area contributed by atoms with Gasteiger partial charge in [-0.05, 0) is 61.2 Å². The fourth-order valence-corrected chi connectivity index (χ4v) is 2.81. The van der Waals surface area contributed by atoms with E-state index in [9.17, 15) is 9.18 Å². The molecule has 0 fully saturated rings. The predicted octanol–water partition coefficient (Wildman–Crippen LogP) is 4.82. The molecule has 3 aromatic rings. The highest BCUT2D eigenvalue weighted by Gasteiger charge is 2.22. The summed E-state index contributed by atoms with van der Waals surface area (Å²) in [5.74, 6) is 0.558. The molecule has 1 amide bonds. The molecule has 6 nitrogen and oxygen atoms in total. The Morgan fingerprint density at radius 3 is 2.30 bits per heavy atom. The van der Waals surface area contributed by atoms with Gasteiger partial charge >= 0.3 is 0 Å². The van der Waals surface area contributed by atoms with Crippen LogP contribution in [0.1, 0.15) is 52.1 Å². The van der Waals surface area contributed by atoms with E-state index in [0.29, 0.717) is 17.1 Å². The Morgan fingerprint density at radius 1 is 1.07 bits per heavy atom. The average molecular weight is 411 g/mol. The van der Waals surface area contributed by atoms with Gasteiger partial charge in [0.2, 0.25) is 11.7 Å². The first-order chi connectivity index (χ1) is 14.1. The lowest BCUT2D eigenvalue weighted by atomic mass is 9.87. The van der Waals surface area contributed by atoms with Crippen molar-refractivity contribution in [2.24, 2.45) is 0 Å². The van der Waals surface area contributed by atoms with Crippen LogP contribution < -0.4 is 10.1 Å². The number of rotatable bonds is 6. The molecule has 0 aliphatic rings. The molecule has 7 heteroatoms. The minimum absolute atomic E-state index is 0.0494. The normalized spacial score (nSPS) is 13.5. The van der Waals surface area contributed by atoms with Gasteiger partial charge in [0.15, 0.2) is 6.10 Å². The van der Waals surface area contributed by atoms with Gasteiger partial charge in [0.25, 0.3) is 5.91 Å². The second-order valence-electron chi connectivity index (χ2n) is 8.23. The molecule has 0 radical (unpaired) electrons. The van der Waals surface area contributed by atoms with E-state index >= 15 is 0 Å². The number of nitrogens with one attached hydrogen (secondary N) is 1. The van der Waals surface area contributed by atoms with E-state index in [4.69, 9.17) is 9.26 Å². The maximum Gasteiger partial charge on any atom is 0.261 e. The van der Waals surface area contributed by atoms with Gasteiger partial charge in [-0.2, -0.15) is 4.98 Å². The molecule has 0 aliphatic carbocycles. The third-order valence-electron chi connectivity index (χ3n) is 4.68. The summed E-state index contributed by atoms with van der Waals surface area (Å²) in [6, 6.07) is 13.0. The fraction of sp³-hybridized carbons (Fsp3) is 0.348. The molecule has 1 N–H and O–H groups in total. The van der Waals surface area contributed by atoms with Gasteiger partial charge in [0.1, 0.15) is 17.6 Å². The standard InChI is InChI=1S/C23H26FN3O3/c1-14(22-26-20(27-30-22)16-6-10-18(24)11-7-16)25-21(28)15(2)29-19-12-8-17(9-13-19)23(3,4)5/h6-15H,1-5H3,(H,25,28). The number of nitrogens with zero attached hydrogens (tertiary/aromatic N) is 2. The smallest absolute Gasteiger partial charge is 0.261 e. The Hall–Kier alpha value is -3.22. The quantitative estimate of drug-likeness (QED) is 0.629. The van der Waals surface area contributed by atoms with E-state index in [-0.39, 0.29) is 23.0 Å². The van der Waals surface area contributed by atoms with Crippen LogP contribution in [0.25, 0.3) is 11.4 Å². The lowest BCUT2D eigenvalue weighted by Crippen LogP contribution is -2.37. The Balaban J connectivity index is 1.59. The van der Waals surface area contributed by atoms with Crippen LogP contribution in [-0.2, 0) is 10.2 Å². The monoisotopic (exact) mass is 411 g/mol. The van der Waals surface area contributed by atoms with E-state index in [1.807, 2.05) is 24.3 Å². The molecule has 0 aliphatic heterocycles. The highest BCUT2D eigenvalue weighted by atomic mass is 19.1. The molecule has 0 bridgehead atoms. The van der Waals surface area contributed by atoms with Crippen molar-refractivity contribution in [3.05, 3.63) is 65.8 Å². The summed E-state index contributed by atoms with van der Waals surface area (Å²) >= 11 is 0. The number of carbonyl (C=O) groups excluding carboxylic acids is 1. The Morgan fingerprint density at radius 2 is 1.70 bits per heavy atom. The summed E-state index contributed by atoms with van der Waals surface area (Å²) in [5, 5.41) is 6.70. The number of benzene rings is 2. The van der Waals surface area contributed by atoms with Crippen LogP contribution in [0.4, 0.5) is 4.39 Å². The van der Waals surface area contributed by atoms with Crippen LogP contribution >= 0.6 is 0 Å². The van der Waals surface area contributed by atoms with Gasteiger partial charge in [-0.1, -0.05) is 38.1 Å². The zero-order chi connectivity index (χ0) is 21.9. The largest absolute Gasteiger partial charge is 0.481 e. The van der Waals surface area contributed by atoms with Crippen molar-refractivity contribution in [1.82, 2.24) is 15.5 Å². The second kappa shape index (κ2) is 8.65. The number of carbonyl (C=O) groups is 1. The van der Waals surface area contributed by atoms with Crippen LogP contribution in [0, 0.1) is 5.82 Å². The molecule has 2 unspecified atom stereocenters. The lowest BCUT2D eigenvalue weighted by molar-refractivity contribution is -0.128. The third kappa shape index (κ3) is 5.23. The maximum absolute atomic E-state index is 13.1. The van der Waals surface area contributed by atoms with Crippen molar-refractivity contribution < 1.29 is 18.4 Å². The number of aromatic nitrogens is 2. The molecule has 1 heterocycles. The van der Waals surface area contributed by atoms with Crippen LogP contribution in [0.2, 0.25) is 0 Å². The number of amides is 1. The first-order valence-electron chi connectivity index (χ1n) is 9.80. The zero-order valence-corrected chi connectivity index (χ0v) is 17.8. The SMILES string of the molecule is CC(Oc1ccc(C(C)(C)C)cc1)C(=O)NC(C)c1nc(-c2ccc(F)cc2)no1. The summed E-state index contributed by atoms with van der Waals surface area (Å²) in [7, 11) is 0. The predicted molar refractivity (Wildman–Crippen MR) is 111 cm³/mol. The summed E-state index contributed by atoms with van der Waals surface area (Å²) < 4.78 is 24.1. The molecule has 1 aromatic heterocycles. The van der Waals surface area contributed by atoms with E-state index < -0.39 is 12.1 Å². The first-order valence-corrected chi connectivity index (χ1v) is 9.80. The Bertz CT molecular complexity index is 992. The Labute approximate surface area is 175 Å². The summed E-state index contributed by atoms with van der Waals surface area (Å²) in [6.45, 7) is 9.83. The van der Waals surface area contributed by atoms with E-state index in [1.54, 1.807) is 26.0 Å².